The molecule has 1 aliphatic carbocycles. The molecule has 4 aliphatic rings. The smallest absolute Gasteiger partial charge is 0.236 e. The fraction of sp³-hybridized carbons (Fsp3) is 0.692. The number of rotatable bonds is 5. The minimum absolute atomic E-state index is 0.0504. The molecule has 8 heteroatoms. The first kappa shape index (κ1) is 23.4. The first-order valence-corrected chi connectivity index (χ1v) is 12.9. The van der Waals surface area contributed by atoms with Crippen molar-refractivity contribution in [3.05, 3.63) is 23.8 Å². The van der Waals surface area contributed by atoms with E-state index in [2.05, 4.69) is 27.2 Å². The lowest BCUT2D eigenvalue weighted by molar-refractivity contribution is -0.136. The largest absolute Gasteiger partial charge is 0.497 e. The van der Waals surface area contributed by atoms with E-state index >= 15 is 0 Å². The standard InChI is InChI=1S/C26H38N4O4/c1-33-21-8-7-19-15-22(26(32)27-20-5-3-2-4-6-20)24-17-28(9-10-30(24)23(19)16-21)18-25(31)29-11-13-34-14-12-29/h7-8,16,20,22,24H,2-6,9-15,17-18H2,1H3,(H,27,32). The number of piperazine rings is 1. The maximum atomic E-state index is 13.6. The van der Waals surface area contributed by atoms with Gasteiger partial charge >= 0.3 is 0 Å². The molecule has 0 bridgehead atoms. The molecule has 1 aromatic carbocycles. The number of benzene rings is 1. The van der Waals surface area contributed by atoms with E-state index in [-0.39, 0.29) is 23.8 Å². The third-order valence-corrected chi connectivity index (χ3v) is 8.02. The van der Waals surface area contributed by atoms with Gasteiger partial charge in [-0.15, -0.1) is 0 Å². The van der Waals surface area contributed by atoms with Gasteiger partial charge in [-0.3, -0.25) is 14.5 Å². The summed E-state index contributed by atoms with van der Waals surface area (Å²) in [5.41, 5.74) is 2.38. The number of nitrogens with zero attached hydrogens (tertiary/aromatic N) is 3. The van der Waals surface area contributed by atoms with E-state index in [9.17, 15) is 9.59 Å². The van der Waals surface area contributed by atoms with Gasteiger partial charge in [-0.25, -0.2) is 0 Å². The van der Waals surface area contributed by atoms with Gasteiger partial charge in [0.05, 0.1) is 38.8 Å². The molecule has 3 fully saturated rings. The molecule has 34 heavy (non-hydrogen) atoms. The minimum atomic E-state index is -0.121. The molecule has 1 N–H and O–H groups in total. The molecule has 0 spiro atoms. The highest BCUT2D eigenvalue weighted by Gasteiger charge is 2.42. The second-order valence-electron chi connectivity index (χ2n) is 10.1. The molecule has 2 saturated heterocycles. The van der Waals surface area contributed by atoms with Crippen LogP contribution in [0.3, 0.4) is 0 Å². The number of fused-ring (bicyclic) bond motifs is 3. The highest BCUT2D eigenvalue weighted by Crippen LogP contribution is 2.38. The van der Waals surface area contributed by atoms with Crippen LogP contribution in [0, 0.1) is 5.92 Å². The van der Waals surface area contributed by atoms with Gasteiger partial charge < -0.3 is 24.6 Å². The van der Waals surface area contributed by atoms with Gasteiger partial charge in [-0.2, -0.15) is 0 Å². The van der Waals surface area contributed by atoms with Crippen molar-refractivity contribution in [1.29, 1.82) is 0 Å². The van der Waals surface area contributed by atoms with E-state index in [1.807, 2.05) is 11.0 Å². The molecule has 3 aliphatic heterocycles. The number of hydrogen-bond acceptors (Lipinski definition) is 6. The predicted molar refractivity (Wildman–Crippen MR) is 130 cm³/mol. The predicted octanol–water partition coefficient (Wildman–Crippen LogP) is 1.67. The first-order valence-electron chi connectivity index (χ1n) is 12.9. The quantitative estimate of drug-likeness (QED) is 0.706. The van der Waals surface area contributed by atoms with Gasteiger partial charge in [0.2, 0.25) is 11.8 Å². The maximum Gasteiger partial charge on any atom is 0.236 e. The number of nitrogens with one attached hydrogen (secondary N) is 1. The molecule has 2 atom stereocenters. The van der Waals surface area contributed by atoms with E-state index in [1.165, 1.54) is 30.5 Å². The van der Waals surface area contributed by atoms with Crippen LogP contribution in [0.25, 0.3) is 0 Å². The van der Waals surface area contributed by atoms with Crippen molar-refractivity contribution in [2.75, 3.05) is 64.5 Å². The number of morpholine rings is 1. The summed E-state index contributed by atoms with van der Waals surface area (Å²) in [6, 6.07) is 6.56. The van der Waals surface area contributed by atoms with Crippen molar-refractivity contribution in [1.82, 2.24) is 15.1 Å². The molecular formula is C26H38N4O4. The summed E-state index contributed by atoms with van der Waals surface area (Å²) in [6.45, 7) is 5.30. The lowest BCUT2D eigenvalue weighted by Crippen LogP contribution is -2.62. The van der Waals surface area contributed by atoms with Crippen LogP contribution in [0.1, 0.15) is 37.7 Å². The van der Waals surface area contributed by atoms with E-state index in [0.717, 1.165) is 44.6 Å². The highest BCUT2D eigenvalue weighted by molar-refractivity contribution is 5.83. The zero-order valence-corrected chi connectivity index (χ0v) is 20.3. The van der Waals surface area contributed by atoms with Gasteiger partial charge in [0.25, 0.3) is 0 Å². The third kappa shape index (κ3) is 5.03. The van der Waals surface area contributed by atoms with Crippen LogP contribution in [-0.2, 0) is 20.7 Å². The molecule has 1 aromatic rings. The van der Waals surface area contributed by atoms with Gasteiger partial charge in [0.1, 0.15) is 5.75 Å². The zero-order chi connectivity index (χ0) is 23.5. The number of amides is 2. The maximum absolute atomic E-state index is 13.6. The second-order valence-corrected chi connectivity index (χ2v) is 10.1. The van der Waals surface area contributed by atoms with Gasteiger partial charge in [0.15, 0.2) is 0 Å². The van der Waals surface area contributed by atoms with Crippen molar-refractivity contribution in [2.45, 2.75) is 50.6 Å². The number of carbonyl (C=O) groups is 2. The Balaban J connectivity index is 1.33. The topological polar surface area (TPSA) is 74.3 Å². The van der Waals surface area contributed by atoms with Crippen molar-refractivity contribution < 1.29 is 19.1 Å². The molecule has 1 saturated carbocycles. The van der Waals surface area contributed by atoms with Crippen LogP contribution in [0.2, 0.25) is 0 Å². The van der Waals surface area contributed by atoms with E-state index in [4.69, 9.17) is 9.47 Å². The van der Waals surface area contributed by atoms with Crippen LogP contribution in [-0.4, -0.2) is 93.3 Å². The Kier molecular flexibility index (Phi) is 7.25. The van der Waals surface area contributed by atoms with E-state index in [0.29, 0.717) is 38.9 Å². The summed E-state index contributed by atoms with van der Waals surface area (Å²) >= 11 is 0. The summed E-state index contributed by atoms with van der Waals surface area (Å²) < 4.78 is 10.9. The zero-order valence-electron chi connectivity index (χ0n) is 20.3. The Hall–Kier alpha value is -2.32. The van der Waals surface area contributed by atoms with Crippen molar-refractivity contribution >= 4 is 17.5 Å². The number of hydrogen-bond donors (Lipinski definition) is 1. The molecule has 5 rings (SSSR count). The first-order chi connectivity index (χ1) is 16.6. The number of ether oxygens (including phenoxy) is 2. The summed E-state index contributed by atoms with van der Waals surface area (Å²) in [7, 11) is 1.69. The lowest BCUT2D eigenvalue weighted by Gasteiger charge is -2.49. The number of anilines is 1. The van der Waals surface area contributed by atoms with Crippen molar-refractivity contribution in [3.8, 4) is 5.75 Å². The van der Waals surface area contributed by atoms with Crippen molar-refractivity contribution in [3.63, 3.8) is 0 Å². The summed E-state index contributed by atoms with van der Waals surface area (Å²) in [6.07, 6.45) is 6.57. The van der Waals surface area contributed by atoms with Gasteiger partial charge in [-0.05, 0) is 30.9 Å². The third-order valence-electron chi connectivity index (χ3n) is 8.02. The van der Waals surface area contributed by atoms with Crippen LogP contribution in [0.5, 0.6) is 5.75 Å². The normalized spacial score (nSPS) is 25.9. The van der Waals surface area contributed by atoms with Gasteiger partial charge in [-0.1, -0.05) is 25.3 Å². The molecule has 2 unspecified atom stereocenters. The summed E-state index contributed by atoms with van der Waals surface area (Å²) in [5, 5.41) is 3.38. The van der Waals surface area contributed by atoms with Crippen LogP contribution < -0.4 is 15.0 Å². The summed E-state index contributed by atoms with van der Waals surface area (Å²) in [5.74, 6) is 1.05. The molecule has 2 amide bonds. The SMILES string of the molecule is COc1ccc2c(c1)N1CCN(CC(=O)N3CCOCC3)CC1C(C(=O)NC1CCCCC1)C2. The van der Waals surface area contributed by atoms with E-state index in [1.54, 1.807) is 7.11 Å². The Bertz CT molecular complexity index is 882. The molecule has 0 radical (unpaired) electrons. The van der Waals surface area contributed by atoms with E-state index < -0.39 is 0 Å². The Morgan fingerprint density at radius 2 is 1.88 bits per heavy atom. The average Bonchev–Trinajstić information content (AvgIpc) is 2.88. The number of carbonyl (C=O) groups excluding carboxylic acids is 2. The molecule has 186 valence electrons. The minimum Gasteiger partial charge on any atom is -0.497 e. The second kappa shape index (κ2) is 10.5. The van der Waals surface area contributed by atoms with Crippen LogP contribution in [0.4, 0.5) is 5.69 Å². The highest BCUT2D eigenvalue weighted by atomic mass is 16.5. The Labute approximate surface area is 202 Å². The van der Waals surface area contributed by atoms with Crippen molar-refractivity contribution in [2.24, 2.45) is 5.92 Å². The number of methoxy groups -OCH3 is 1. The van der Waals surface area contributed by atoms with Crippen LogP contribution in [0.15, 0.2) is 18.2 Å². The fourth-order valence-electron chi connectivity index (χ4n) is 6.07. The monoisotopic (exact) mass is 470 g/mol. The lowest BCUT2D eigenvalue weighted by atomic mass is 9.82. The fourth-order valence-corrected chi connectivity index (χ4v) is 6.07. The average molecular weight is 471 g/mol. The molecule has 0 aromatic heterocycles. The molecule has 8 nitrogen and oxygen atoms in total. The van der Waals surface area contributed by atoms with Gasteiger partial charge in [0, 0.05) is 50.5 Å². The molecule has 3 heterocycles. The van der Waals surface area contributed by atoms with Crippen LogP contribution >= 0.6 is 0 Å². The Morgan fingerprint density at radius 1 is 1.09 bits per heavy atom. The summed E-state index contributed by atoms with van der Waals surface area (Å²) in [4.78, 5) is 33.0. The molecular weight excluding hydrogens is 432 g/mol. The Morgan fingerprint density at radius 3 is 2.65 bits per heavy atom.